The summed E-state index contributed by atoms with van der Waals surface area (Å²) in [6, 6.07) is 5.51. The summed E-state index contributed by atoms with van der Waals surface area (Å²) in [5, 5.41) is 4.67. The first-order valence-electron chi connectivity index (χ1n) is 11.8. The molecular weight excluding hydrogens is 460 g/mol. The van der Waals surface area contributed by atoms with Crippen LogP contribution >= 0.6 is 0 Å². The number of piperazine rings is 1. The molecule has 10 heteroatoms. The number of hydrogen-bond acceptors (Lipinski definition) is 6. The third-order valence-corrected chi connectivity index (χ3v) is 11.0. The molecule has 2 fully saturated rings. The highest BCUT2D eigenvalue weighted by atomic mass is 32.2. The van der Waals surface area contributed by atoms with Crippen LogP contribution in [0.25, 0.3) is 0 Å². The minimum Gasteiger partial charge on any atom is -0.366 e. The highest BCUT2D eigenvalue weighted by Crippen LogP contribution is 2.32. The molecule has 0 spiro atoms. The topological polar surface area (TPSA) is 92.6 Å². The first-order chi connectivity index (χ1) is 15.7. The van der Waals surface area contributed by atoms with Gasteiger partial charge in [0.2, 0.25) is 10.0 Å². The van der Waals surface area contributed by atoms with Crippen molar-refractivity contribution in [3.8, 4) is 0 Å². The van der Waals surface area contributed by atoms with Gasteiger partial charge in [-0.15, -0.1) is 0 Å². The van der Waals surface area contributed by atoms with E-state index < -0.39 is 19.9 Å². The molecule has 1 atom stereocenters. The molecule has 0 N–H and O–H groups in total. The molecule has 8 nitrogen and oxygen atoms in total. The largest absolute Gasteiger partial charge is 0.366 e. The van der Waals surface area contributed by atoms with E-state index in [2.05, 4.69) is 10.00 Å². The number of aryl methyl sites for hydroxylation is 3. The van der Waals surface area contributed by atoms with Gasteiger partial charge in [-0.1, -0.05) is 6.07 Å². The molecule has 0 radical (unpaired) electrons. The van der Waals surface area contributed by atoms with Gasteiger partial charge in [0.05, 0.1) is 39.5 Å². The molecule has 0 bridgehead atoms. The fraction of sp³-hybridized carbons (Fsp3) is 0.609. The Labute approximate surface area is 196 Å². The van der Waals surface area contributed by atoms with Gasteiger partial charge in [0.1, 0.15) is 0 Å². The van der Waals surface area contributed by atoms with Gasteiger partial charge in [-0.05, 0) is 69.2 Å². The van der Waals surface area contributed by atoms with Gasteiger partial charge < -0.3 is 4.90 Å². The number of sulfone groups is 1. The van der Waals surface area contributed by atoms with Crippen molar-refractivity contribution in [3.63, 3.8) is 0 Å². The highest BCUT2D eigenvalue weighted by molar-refractivity contribution is 7.91. The number of rotatable bonds is 4. The van der Waals surface area contributed by atoms with Crippen molar-refractivity contribution in [3.05, 3.63) is 40.7 Å². The van der Waals surface area contributed by atoms with Gasteiger partial charge in [-0.3, -0.25) is 4.68 Å². The third-order valence-electron chi connectivity index (χ3n) is 7.35. The standard InChI is InChI=1S/C23H32N4O4S2/c1-17-23(18(2)27(24-17)21-9-14-32(28,29)16-21)25-10-12-26(13-11-25)33(30,31)22-8-7-19-5-3-4-6-20(19)15-22/h7-8,15,21H,3-6,9-14,16H2,1-2H3. The maximum Gasteiger partial charge on any atom is 0.243 e. The van der Waals surface area contributed by atoms with Gasteiger partial charge >= 0.3 is 0 Å². The molecule has 2 saturated heterocycles. The van der Waals surface area contributed by atoms with Crippen LogP contribution in [0.1, 0.15) is 47.8 Å². The van der Waals surface area contributed by atoms with E-state index in [-0.39, 0.29) is 17.5 Å². The fourth-order valence-electron chi connectivity index (χ4n) is 5.61. The van der Waals surface area contributed by atoms with Crippen molar-refractivity contribution in [1.82, 2.24) is 14.1 Å². The van der Waals surface area contributed by atoms with E-state index >= 15 is 0 Å². The number of aromatic nitrogens is 2. The van der Waals surface area contributed by atoms with Crippen LogP contribution in [-0.4, -0.2) is 68.6 Å². The monoisotopic (exact) mass is 492 g/mol. The van der Waals surface area contributed by atoms with E-state index in [1.54, 1.807) is 10.4 Å². The summed E-state index contributed by atoms with van der Waals surface area (Å²) < 4.78 is 54.0. The SMILES string of the molecule is Cc1nn(C2CCS(=O)(=O)C2)c(C)c1N1CCN(S(=O)(=O)c2ccc3c(c2)CCCC3)CC1. The number of fused-ring (bicyclic) bond motifs is 1. The smallest absolute Gasteiger partial charge is 0.243 e. The number of sulfonamides is 1. The Morgan fingerprint density at radius 3 is 2.36 bits per heavy atom. The number of nitrogens with zero attached hydrogens (tertiary/aromatic N) is 4. The van der Waals surface area contributed by atoms with E-state index in [0.717, 1.165) is 36.3 Å². The van der Waals surface area contributed by atoms with Crippen molar-refractivity contribution >= 4 is 25.5 Å². The van der Waals surface area contributed by atoms with Crippen LogP contribution in [0.3, 0.4) is 0 Å². The van der Waals surface area contributed by atoms with Crippen molar-refractivity contribution in [2.24, 2.45) is 0 Å². The lowest BCUT2D eigenvalue weighted by atomic mass is 9.92. The Morgan fingerprint density at radius 1 is 1.00 bits per heavy atom. The third kappa shape index (κ3) is 4.21. The van der Waals surface area contributed by atoms with Crippen LogP contribution in [0.15, 0.2) is 23.1 Å². The Bertz CT molecular complexity index is 1280. The molecule has 2 aliphatic heterocycles. The summed E-state index contributed by atoms with van der Waals surface area (Å²) in [6.45, 7) is 5.93. The second-order valence-corrected chi connectivity index (χ2v) is 13.7. The summed E-state index contributed by atoms with van der Waals surface area (Å²) in [6.07, 6.45) is 4.88. The molecule has 1 aromatic carbocycles. The Kier molecular flexibility index (Phi) is 5.81. The molecule has 0 amide bonds. The summed E-state index contributed by atoms with van der Waals surface area (Å²) in [5.41, 5.74) is 5.28. The van der Waals surface area contributed by atoms with Crippen molar-refractivity contribution in [2.45, 2.75) is 56.9 Å². The number of anilines is 1. The molecule has 5 rings (SSSR count). The molecule has 3 aliphatic rings. The van der Waals surface area contributed by atoms with Crippen molar-refractivity contribution in [1.29, 1.82) is 0 Å². The van der Waals surface area contributed by atoms with Crippen LogP contribution in [0.5, 0.6) is 0 Å². The average Bonchev–Trinajstić information content (AvgIpc) is 3.31. The molecule has 3 heterocycles. The Morgan fingerprint density at radius 2 is 1.70 bits per heavy atom. The number of benzene rings is 1. The van der Waals surface area contributed by atoms with E-state index in [1.807, 2.05) is 30.7 Å². The van der Waals surface area contributed by atoms with Gasteiger partial charge in [-0.2, -0.15) is 9.40 Å². The van der Waals surface area contributed by atoms with Crippen LogP contribution < -0.4 is 4.90 Å². The van der Waals surface area contributed by atoms with E-state index in [0.29, 0.717) is 37.5 Å². The van der Waals surface area contributed by atoms with Crippen molar-refractivity contribution in [2.75, 3.05) is 42.6 Å². The first kappa shape index (κ1) is 22.9. The minimum absolute atomic E-state index is 0.117. The lowest BCUT2D eigenvalue weighted by Crippen LogP contribution is -2.49. The molecule has 2 aromatic rings. The predicted octanol–water partition coefficient (Wildman–Crippen LogP) is 2.25. The number of hydrogen-bond donors (Lipinski definition) is 0. The zero-order valence-electron chi connectivity index (χ0n) is 19.3. The first-order valence-corrected chi connectivity index (χ1v) is 15.0. The molecule has 180 valence electrons. The van der Waals surface area contributed by atoms with Gasteiger partial charge in [-0.25, -0.2) is 16.8 Å². The zero-order valence-corrected chi connectivity index (χ0v) is 21.0. The maximum atomic E-state index is 13.3. The molecule has 33 heavy (non-hydrogen) atoms. The van der Waals surface area contributed by atoms with Gasteiger partial charge in [0, 0.05) is 26.2 Å². The normalized spacial score (nSPS) is 23.6. The predicted molar refractivity (Wildman–Crippen MR) is 128 cm³/mol. The van der Waals surface area contributed by atoms with Gasteiger partial charge in [0.25, 0.3) is 0 Å². The summed E-state index contributed by atoms with van der Waals surface area (Å²) in [5.74, 6) is 0.353. The fourth-order valence-corrected chi connectivity index (χ4v) is 8.77. The minimum atomic E-state index is -3.52. The van der Waals surface area contributed by atoms with Crippen LogP contribution in [-0.2, 0) is 32.7 Å². The second kappa shape index (κ2) is 8.39. The maximum absolute atomic E-state index is 13.3. The Balaban J connectivity index is 1.31. The van der Waals surface area contributed by atoms with Crippen LogP contribution in [0.4, 0.5) is 5.69 Å². The molecular formula is C23H32N4O4S2. The lowest BCUT2D eigenvalue weighted by molar-refractivity contribution is 0.384. The zero-order chi connectivity index (χ0) is 23.4. The van der Waals surface area contributed by atoms with Crippen molar-refractivity contribution < 1.29 is 16.8 Å². The van der Waals surface area contributed by atoms with E-state index in [9.17, 15) is 16.8 Å². The molecule has 1 aromatic heterocycles. The highest BCUT2D eigenvalue weighted by Gasteiger charge is 2.34. The lowest BCUT2D eigenvalue weighted by Gasteiger charge is -2.35. The van der Waals surface area contributed by atoms with Crippen LogP contribution in [0, 0.1) is 13.8 Å². The van der Waals surface area contributed by atoms with E-state index in [4.69, 9.17) is 0 Å². The van der Waals surface area contributed by atoms with Gasteiger partial charge in [0.15, 0.2) is 9.84 Å². The Hall–Kier alpha value is -1.91. The average molecular weight is 493 g/mol. The molecule has 1 aliphatic carbocycles. The molecule has 0 saturated carbocycles. The second-order valence-electron chi connectivity index (χ2n) is 9.55. The van der Waals surface area contributed by atoms with Crippen LogP contribution in [0.2, 0.25) is 0 Å². The molecule has 1 unspecified atom stereocenters. The summed E-state index contributed by atoms with van der Waals surface area (Å²) in [7, 11) is -6.52. The summed E-state index contributed by atoms with van der Waals surface area (Å²) in [4.78, 5) is 2.59. The van der Waals surface area contributed by atoms with E-state index in [1.165, 1.54) is 17.5 Å². The quantitative estimate of drug-likeness (QED) is 0.650. The summed E-state index contributed by atoms with van der Waals surface area (Å²) >= 11 is 0.